The first-order chi connectivity index (χ1) is 13.7. The molecule has 0 fully saturated rings. The van der Waals surface area contributed by atoms with Crippen LogP contribution < -0.4 is 43.4 Å². The van der Waals surface area contributed by atoms with Crippen LogP contribution in [0.15, 0.2) is 34.6 Å². The van der Waals surface area contributed by atoms with Gasteiger partial charge in [-0.25, -0.2) is 10.8 Å². The van der Waals surface area contributed by atoms with Crippen LogP contribution in [0.3, 0.4) is 0 Å². The summed E-state index contributed by atoms with van der Waals surface area (Å²) in [5.41, 5.74) is 21.1. The van der Waals surface area contributed by atoms with E-state index in [4.69, 9.17) is 27.8 Å². The number of ether oxygens (including phenoxy) is 1. The van der Waals surface area contributed by atoms with Crippen molar-refractivity contribution in [1.29, 1.82) is 0 Å². The Bertz CT molecular complexity index is 761. The summed E-state index contributed by atoms with van der Waals surface area (Å²) in [6.07, 6.45) is 1.52. The number of amidine groups is 1. The van der Waals surface area contributed by atoms with Gasteiger partial charge in [0.1, 0.15) is 17.4 Å². The number of hydrogen-bond donors (Lipinski definition) is 6. The minimum atomic E-state index is -0.620. The summed E-state index contributed by atoms with van der Waals surface area (Å²) < 4.78 is 5.38. The van der Waals surface area contributed by atoms with Gasteiger partial charge in [-0.1, -0.05) is 26.3 Å². The van der Waals surface area contributed by atoms with Crippen LogP contribution in [0.5, 0.6) is 5.75 Å². The number of aliphatic imine (C=N–C) groups is 1. The van der Waals surface area contributed by atoms with Crippen LogP contribution in [0.1, 0.15) is 45.2 Å². The number of nitrogens with two attached hydrogens (primary N) is 4. The van der Waals surface area contributed by atoms with Gasteiger partial charge in [-0.2, -0.15) is 0 Å². The highest BCUT2D eigenvalue weighted by Gasteiger charge is 2.27. The lowest BCUT2D eigenvalue weighted by Crippen LogP contribution is -2.49. The fourth-order valence-electron chi connectivity index (χ4n) is 3.46. The van der Waals surface area contributed by atoms with E-state index in [2.05, 4.69) is 36.4 Å². The van der Waals surface area contributed by atoms with Crippen molar-refractivity contribution in [2.45, 2.75) is 52.0 Å². The van der Waals surface area contributed by atoms with Crippen molar-refractivity contribution in [3.63, 3.8) is 0 Å². The van der Waals surface area contributed by atoms with Crippen LogP contribution >= 0.6 is 0 Å². The average molecular weight is 405 g/mol. The molecule has 1 aliphatic heterocycles. The highest BCUT2D eigenvalue weighted by atomic mass is 16.5. The summed E-state index contributed by atoms with van der Waals surface area (Å²) in [7, 11) is 3.34. The second-order valence-corrected chi connectivity index (χ2v) is 7.71. The summed E-state index contributed by atoms with van der Waals surface area (Å²) in [6, 6.07) is 5.31. The number of benzene rings is 1. The van der Waals surface area contributed by atoms with Crippen molar-refractivity contribution in [3.05, 3.63) is 35.2 Å². The molecular formula is C20H36N8O. The maximum Gasteiger partial charge on any atom is 0.174 e. The molecule has 4 atom stereocenters. The number of hydrogen-bond acceptors (Lipinski definition) is 9. The van der Waals surface area contributed by atoms with Gasteiger partial charge in [-0.15, -0.1) is 0 Å². The molecule has 29 heavy (non-hydrogen) atoms. The highest BCUT2D eigenvalue weighted by molar-refractivity contribution is 5.99. The van der Waals surface area contributed by atoms with Gasteiger partial charge in [0, 0.05) is 13.1 Å². The van der Waals surface area contributed by atoms with E-state index in [0.29, 0.717) is 28.9 Å². The topological polar surface area (TPSA) is 153 Å². The Morgan fingerprint density at radius 3 is 2.62 bits per heavy atom. The Balaban J connectivity index is 2.40. The first kappa shape index (κ1) is 22.8. The molecule has 0 aromatic heterocycles. The molecule has 0 spiro atoms. The zero-order valence-corrected chi connectivity index (χ0v) is 18.1. The lowest BCUT2D eigenvalue weighted by atomic mass is 9.96. The lowest BCUT2D eigenvalue weighted by molar-refractivity contribution is 0.414. The summed E-state index contributed by atoms with van der Waals surface area (Å²) in [6.45, 7) is 6.55. The normalized spacial score (nSPS) is 19.7. The molecule has 162 valence electrons. The van der Waals surface area contributed by atoms with E-state index in [1.54, 1.807) is 14.2 Å². The molecule has 1 aliphatic rings. The minimum absolute atomic E-state index is 0.217. The summed E-state index contributed by atoms with van der Waals surface area (Å²) in [4.78, 5) is 4.26. The zero-order chi connectivity index (χ0) is 21.7. The van der Waals surface area contributed by atoms with E-state index in [0.717, 1.165) is 24.1 Å². The van der Waals surface area contributed by atoms with Crippen molar-refractivity contribution in [1.82, 2.24) is 10.6 Å². The van der Waals surface area contributed by atoms with Crippen LogP contribution in [0.2, 0.25) is 0 Å². The molecule has 1 heterocycles. The summed E-state index contributed by atoms with van der Waals surface area (Å²) >= 11 is 0. The Labute approximate surface area is 173 Å². The van der Waals surface area contributed by atoms with Crippen molar-refractivity contribution in [2.24, 2.45) is 34.0 Å². The smallest absolute Gasteiger partial charge is 0.174 e. The van der Waals surface area contributed by atoms with E-state index in [1.165, 1.54) is 5.01 Å². The Morgan fingerprint density at radius 1 is 1.34 bits per heavy atom. The van der Waals surface area contributed by atoms with Crippen LogP contribution in [0.25, 0.3) is 0 Å². The molecule has 10 N–H and O–H groups in total. The number of methoxy groups -OCH3 is 1. The van der Waals surface area contributed by atoms with Gasteiger partial charge in [0.25, 0.3) is 0 Å². The van der Waals surface area contributed by atoms with Crippen molar-refractivity contribution >= 4 is 11.5 Å². The number of nitrogens with zero attached hydrogens (tertiary/aromatic N) is 2. The number of nitrogens with one attached hydrogen (secondary N) is 2. The SMILES string of the molecule is CCC(C)C[C@H](C)NC1=C(C(N)c2ccc(OC)c(N(C)N)c2)C(N)=NC(N)N1. The predicted molar refractivity (Wildman–Crippen MR) is 119 cm³/mol. The molecular weight excluding hydrogens is 368 g/mol. The second kappa shape index (κ2) is 9.82. The number of rotatable bonds is 9. The highest BCUT2D eigenvalue weighted by Crippen LogP contribution is 2.32. The first-order valence-electron chi connectivity index (χ1n) is 9.96. The molecule has 0 amide bonds. The quantitative estimate of drug-likeness (QED) is 0.261. The van der Waals surface area contributed by atoms with Crippen LogP contribution in [-0.2, 0) is 0 Å². The van der Waals surface area contributed by atoms with Gasteiger partial charge in [0.2, 0.25) is 0 Å². The number of hydrazine groups is 1. The summed E-state index contributed by atoms with van der Waals surface area (Å²) in [5.74, 6) is 8.24. The fraction of sp³-hybridized carbons (Fsp3) is 0.550. The Kier molecular flexibility index (Phi) is 7.72. The maximum absolute atomic E-state index is 6.62. The molecule has 3 unspecified atom stereocenters. The molecule has 9 nitrogen and oxygen atoms in total. The van der Waals surface area contributed by atoms with Gasteiger partial charge in [0.05, 0.1) is 24.4 Å². The predicted octanol–water partition coefficient (Wildman–Crippen LogP) is 0.834. The molecule has 2 rings (SSSR count). The van der Waals surface area contributed by atoms with Crippen molar-refractivity contribution in [2.75, 3.05) is 19.2 Å². The van der Waals surface area contributed by atoms with E-state index in [1.807, 2.05) is 18.2 Å². The third-order valence-electron chi connectivity index (χ3n) is 5.21. The van der Waals surface area contributed by atoms with Gasteiger partial charge in [0.15, 0.2) is 6.29 Å². The monoisotopic (exact) mass is 404 g/mol. The van der Waals surface area contributed by atoms with E-state index < -0.39 is 12.3 Å². The fourth-order valence-corrected chi connectivity index (χ4v) is 3.46. The molecule has 0 aliphatic carbocycles. The third-order valence-corrected chi connectivity index (χ3v) is 5.21. The van der Waals surface area contributed by atoms with Crippen LogP contribution in [0.4, 0.5) is 5.69 Å². The molecule has 1 aromatic rings. The van der Waals surface area contributed by atoms with Crippen molar-refractivity contribution < 1.29 is 4.74 Å². The first-order valence-corrected chi connectivity index (χ1v) is 9.96. The Hall–Kier alpha value is -2.49. The third kappa shape index (κ3) is 5.53. The average Bonchev–Trinajstić information content (AvgIpc) is 2.66. The Morgan fingerprint density at radius 2 is 2.03 bits per heavy atom. The number of anilines is 1. The van der Waals surface area contributed by atoms with E-state index in [9.17, 15) is 0 Å². The van der Waals surface area contributed by atoms with Gasteiger partial charge < -0.3 is 31.8 Å². The zero-order valence-electron chi connectivity index (χ0n) is 18.1. The van der Waals surface area contributed by atoms with E-state index >= 15 is 0 Å². The minimum Gasteiger partial charge on any atom is -0.495 e. The van der Waals surface area contributed by atoms with Crippen molar-refractivity contribution in [3.8, 4) is 5.75 Å². The standard InChI is InChI=1S/C20H36N8O/c1-6-11(2)9-12(3)25-19-16(18(22)26-20(23)27-19)17(21)13-7-8-15(29-5)14(10-13)28(4)24/h7-8,10-12,17,20,25,27H,6,9,21,23-24H2,1-5H3,(H2,22,26)/t11?,12-,17?,20?/m0/s1. The van der Waals surface area contributed by atoms with Crippen LogP contribution in [-0.4, -0.2) is 32.3 Å². The molecule has 9 heteroatoms. The van der Waals surface area contributed by atoms with Gasteiger partial charge in [-0.3, -0.25) is 5.73 Å². The van der Waals surface area contributed by atoms with Gasteiger partial charge >= 0.3 is 0 Å². The van der Waals surface area contributed by atoms with Gasteiger partial charge in [-0.05, 0) is 37.0 Å². The van der Waals surface area contributed by atoms with E-state index in [-0.39, 0.29) is 6.04 Å². The lowest BCUT2D eigenvalue weighted by Gasteiger charge is -2.31. The maximum atomic E-state index is 6.62. The van der Waals surface area contributed by atoms with Crippen LogP contribution in [0, 0.1) is 5.92 Å². The molecule has 0 saturated carbocycles. The molecule has 1 aromatic carbocycles. The largest absolute Gasteiger partial charge is 0.495 e. The molecule has 0 radical (unpaired) electrons. The molecule has 0 saturated heterocycles. The molecule has 0 bridgehead atoms. The summed E-state index contributed by atoms with van der Waals surface area (Å²) in [5, 5.41) is 8.15. The second-order valence-electron chi connectivity index (χ2n) is 7.71.